The SMILES string of the molecule is O=C(O)CN=C(C1=C(O)C(=O)N(c2ccccc2)C1=O)c1ccccc1. The van der Waals surface area contributed by atoms with Crippen LogP contribution in [0.4, 0.5) is 5.69 Å². The lowest BCUT2D eigenvalue weighted by atomic mass is 10.0. The quantitative estimate of drug-likeness (QED) is 0.633. The third kappa shape index (κ3) is 3.10. The Hall–Kier alpha value is -3.74. The van der Waals surface area contributed by atoms with Gasteiger partial charge < -0.3 is 10.2 Å². The number of aliphatic imine (C=N–C) groups is 1. The number of hydrogen-bond acceptors (Lipinski definition) is 5. The highest BCUT2D eigenvalue weighted by Crippen LogP contribution is 2.28. The molecule has 0 saturated heterocycles. The Morgan fingerprint density at radius 3 is 2.08 bits per heavy atom. The number of carboxylic acid groups (broad SMARTS) is 1. The van der Waals surface area contributed by atoms with Crippen LogP contribution in [0.3, 0.4) is 0 Å². The summed E-state index contributed by atoms with van der Waals surface area (Å²) in [6.07, 6.45) is 0. The van der Waals surface area contributed by atoms with E-state index >= 15 is 0 Å². The molecule has 0 spiro atoms. The average Bonchev–Trinajstić information content (AvgIpc) is 2.87. The first-order valence-corrected chi connectivity index (χ1v) is 7.70. The number of para-hydroxylation sites is 1. The highest BCUT2D eigenvalue weighted by atomic mass is 16.4. The molecule has 1 heterocycles. The number of aliphatic carboxylic acids is 1. The molecule has 0 unspecified atom stereocenters. The van der Waals surface area contributed by atoms with Gasteiger partial charge in [0.05, 0.1) is 11.4 Å². The molecule has 2 N–H and O–H groups in total. The van der Waals surface area contributed by atoms with Crippen LogP contribution < -0.4 is 4.90 Å². The Bertz CT molecular complexity index is 933. The number of aliphatic hydroxyl groups is 1. The van der Waals surface area contributed by atoms with Crippen LogP contribution in [0.25, 0.3) is 0 Å². The molecule has 0 aromatic heterocycles. The minimum absolute atomic E-state index is 0.0396. The number of carbonyl (C=O) groups is 3. The van der Waals surface area contributed by atoms with Crippen molar-refractivity contribution in [2.45, 2.75) is 0 Å². The molecule has 3 rings (SSSR count). The maximum absolute atomic E-state index is 12.8. The highest BCUT2D eigenvalue weighted by Gasteiger charge is 2.42. The molecular weight excluding hydrogens is 336 g/mol. The van der Waals surface area contributed by atoms with Gasteiger partial charge in [-0.2, -0.15) is 0 Å². The largest absolute Gasteiger partial charge is 0.502 e. The fourth-order valence-electron chi connectivity index (χ4n) is 2.60. The normalized spacial score (nSPS) is 14.9. The molecule has 0 atom stereocenters. The lowest BCUT2D eigenvalue weighted by Crippen LogP contribution is -2.32. The molecule has 7 nitrogen and oxygen atoms in total. The Kier molecular flexibility index (Phi) is 4.62. The summed E-state index contributed by atoms with van der Waals surface area (Å²) >= 11 is 0. The van der Waals surface area contributed by atoms with Crippen molar-refractivity contribution < 1.29 is 24.6 Å². The molecule has 2 amide bonds. The second kappa shape index (κ2) is 7.02. The summed E-state index contributed by atoms with van der Waals surface area (Å²) in [5, 5.41) is 19.2. The number of amides is 2. The fraction of sp³-hybridized carbons (Fsp3) is 0.0526. The highest BCUT2D eigenvalue weighted by molar-refractivity contribution is 6.43. The van der Waals surface area contributed by atoms with Gasteiger partial charge in [-0.3, -0.25) is 19.4 Å². The summed E-state index contributed by atoms with van der Waals surface area (Å²) in [6.45, 7) is -0.603. The van der Waals surface area contributed by atoms with Crippen molar-refractivity contribution >= 4 is 29.2 Å². The van der Waals surface area contributed by atoms with Crippen LogP contribution in [-0.4, -0.2) is 40.3 Å². The van der Waals surface area contributed by atoms with Crippen molar-refractivity contribution in [3.63, 3.8) is 0 Å². The van der Waals surface area contributed by atoms with Crippen molar-refractivity contribution in [2.75, 3.05) is 11.4 Å². The van der Waals surface area contributed by atoms with Gasteiger partial charge in [-0.05, 0) is 12.1 Å². The number of hydrogen-bond donors (Lipinski definition) is 2. The predicted molar refractivity (Wildman–Crippen MR) is 94.1 cm³/mol. The number of carbonyl (C=O) groups excluding carboxylic acids is 2. The van der Waals surface area contributed by atoms with E-state index in [9.17, 15) is 19.5 Å². The van der Waals surface area contributed by atoms with E-state index in [0.29, 0.717) is 11.3 Å². The lowest BCUT2D eigenvalue weighted by molar-refractivity contribution is -0.135. The smallest absolute Gasteiger partial charge is 0.325 e. The molecule has 0 fully saturated rings. The number of anilines is 1. The zero-order chi connectivity index (χ0) is 18.7. The predicted octanol–water partition coefficient (Wildman–Crippen LogP) is 1.95. The minimum atomic E-state index is -1.20. The molecule has 2 aromatic rings. The standard InChI is InChI=1S/C19H14N2O5/c22-14(23)11-20-16(12-7-3-1-4-8-12)15-17(24)19(26)21(18(15)25)13-9-5-2-6-10-13/h1-10,24H,11H2,(H,22,23). The number of benzene rings is 2. The van der Waals surface area contributed by atoms with E-state index < -0.39 is 30.1 Å². The molecule has 0 bridgehead atoms. The minimum Gasteiger partial charge on any atom is -0.502 e. The zero-order valence-corrected chi connectivity index (χ0v) is 13.5. The van der Waals surface area contributed by atoms with E-state index in [0.717, 1.165) is 4.90 Å². The van der Waals surface area contributed by atoms with E-state index in [1.54, 1.807) is 60.7 Å². The van der Waals surface area contributed by atoms with Crippen LogP contribution in [0.5, 0.6) is 0 Å². The monoisotopic (exact) mass is 350 g/mol. The van der Waals surface area contributed by atoms with Crippen LogP contribution in [0.1, 0.15) is 5.56 Å². The van der Waals surface area contributed by atoms with E-state index in [4.69, 9.17) is 5.11 Å². The van der Waals surface area contributed by atoms with Gasteiger partial charge in [-0.1, -0.05) is 48.5 Å². The van der Waals surface area contributed by atoms with Crippen molar-refractivity contribution in [1.82, 2.24) is 0 Å². The molecule has 130 valence electrons. The van der Waals surface area contributed by atoms with E-state index in [2.05, 4.69) is 4.99 Å². The van der Waals surface area contributed by atoms with E-state index in [1.807, 2.05) is 0 Å². The third-order valence-corrected chi connectivity index (χ3v) is 3.73. The number of carboxylic acids is 1. The molecule has 1 aliphatic heterocycles. The molecular formula is C19H14N2O5. The van der Waals surface area contributed by atoms with Crippen LogP contribution in [0.15, 0.2) is 77.0 Å². The molecule has 0 radical (unpaired) electrons. The molecule has 7 heteroatoms. The number of nitrogens with zero attached hydrogens (tertiary/aromatic N) is 2. The average molecular weight is 350 g/mol. The summed E-state index contributed by atoms with van der Waals surface area (Å²) in [6, 6.07) is 16.5. The zero-order valence-electron chi connectivity index (χ0n) is 13.5. The van der Waals surface area contributed by atoms with E-state index in [1.165, 1.54) is 0 Å². The lowest BCUT2D eigenvalue weighted by Gasteiger charge is -2.14. The Balaban J connectivity index is 2.09. The first-order chi connectivity index (χ1) is 12.5. The van der Waals surface area contributed by atoms with Crippen LogP contribution in [0, 0.1) is 0 Å². The van der Waals surface area contributed by atoms with Gasteiger partial charge in [0.25, 0.3) is 5.91 Å². The van der Waals surface area contributed by atoms with Crippen molar-refractivity contribution in [3.8, 4) is 0 Å². The van der Waals surface area contributed by atoms with Crippen molar-refractivity contribution in [1.29, 1.82) is 0 Å². The molecule has 26 heavy (non-hydrogen) atoms. The molecule has 1 aliphatic rings. The summed E-state index contributed by atoms with van der Waals surface area (Å²) in [4.78, 5) is 41.0. The Morgan fingerprint density at radius 2 is 1.50 bits per heavy atom. The van der Waals surface area contributed by atoms with Gasteiger partial charge in [0.15, 0.2) is 5.76 Å². The first kappa shape index (κ1) is 17.1. The topological polar surface area (TPSA) is 107 Å². The van der Waals surface area contributed by atoms with Gasteiger partial charge in [0.2, 0.25) is 0 Å². The van der Waals surface area contributed by atoms with Gasteiger partial charge in [0.1, 0.15) is 12.1 Å². The summed E-state index contributed by atoms with van der Waals surface area (Å²) in [5.74, 6) is -3.59. The van der Waals surface area contributed by atoms with Gasteiger partial charge in [-0.25, -0.2) is 4.90 Å². The second-order valence-corrected chi connectivity index (χ2v) is 5.43. The fourth-order valence-corrected chi connectivity index (χ4v) is 2.60. The van der Waals surface area contributed by atoms with Crippen LogP contribution in [0.2, 0.25) is 0 Å². The van der Waals surface area contributed by atoms with E-state index in [-0.39, 0.29) is 11.3 Å². The van der Waals surface area contributed by atoms with Crippen LogP contribution >= 0.6 is 0 Å². The molecule has 2 aromatic carbocycles. The van der Waals surface area contributed by atoms with Crippen LogP contribution in [-0.2, 0) is 14.4 Å². The number of rotatable bonds is 5. The summed E-state index contributed by atoms with van der Waals surface area (Å²) in [7, 11) is 0. The first-order valence-electron chi connectivity index (χ1n) is 7.70. The van der Waals surface area contributed by atoms with Crippen molar-refractivity contribution in [3.05, 3.63) is 77.6 Å². The second-order valence-electron chi connectivity index (χ2n) is 5.43. The van der Waals surface area contributed by atoms with Gasteiger partial charge in [0, 0.05) is 5.56 Å². The van der Waals surface area contributed by atoms with Gasteiger partial charge >= 0.3 is 11.9 Å². The summed E-state index contributed by atoms with van der Waals surface area (Å²) < 4.78 is 0. The molecule has 0 saturated carbocycles. The van der Waals surface area contributed by atoms with Gasteiger partial charge in [-0.15, -0.1) is 0 Å². The van der Waals surface area contributed by atoms with Crippen molar-refractivity contribution in [2.24, 2.45) is 4.99 Å². The maximum atomic E-state index is 12.8. The third-order valence-electron chi connectivity index (χ3n) is 3.73. The Morgan fingerprint density at radius 1 is 0.923 bits per heavy atom. The molecule has 0 aliphatic carbocycles. The maximum Gasteiger partial charge on any atom is 0.325 e. The number of imide groups is 1. The summed E-state index contributed by atoms with van der Waals surface area (Å²) in [5.41, 5.74) is 0.370. The Labute approximate surface area is 148 Å². The number of aliphatic hydroxyl groups excluding tert-OH is 1.